The summed E-state index contributed by atoms with van der Waals surface area (Å²) in [6.07, 6.45) is 4.10. The monoisotopic (exact) mass is 181 g/mol. The maximum atomic E-state index is 5.52. The normalized spacial score (nSPS) is 12.5. The van der Waals surface area contributed by atoms with Crippen molar-refractivity contribution in [2.75, 3.05) is 13.7 Å². The molecule has 1 aromatic rings. The average Bonchev–Trinajstić information content (AvgIpc) is 2.18. The highest BCUT2D eigenvalue weighted by Gasteiger charge is 2.08. The second kappa shape index (κ2) is 4.77. The van der Waals surface area contributed by atoms with Crippen LogP contribution in [0.5, 0.6) is 5.88 Å². The lowest BCUT2D eigenvalue weighted by atomic mass is 10.1. The number of nitrogens with two attached hydrogens (primary N) is 1. The minimum absolute atomic E-state index is 0.408. The summed E-state index contributed by atoms with van der Waals surface area (Å²) in [4.78, 5) is 8.25. The predicted molar refractivity (Wildman–Crippen MR) is 50.5 cm³/mol. The highest BCUT2D eigenvalue weighted by atomic mass is 16.5. The first kappa shape index (κ1) is 9.92. The van der Waals surface area contributed by atoms with E-state index in [0.29, 0.717) is 18.3 Å². The molecule has 0 bridgehead atoms. The smallest absolute Gasteiger partial charge is 0.235 e. The molecule has 0 amide bonds. The van der Waals surface area contributed by atoms with Crippen molar-refractivity contribution in [1.29, 1.82) is 0 Å². The fourth-order valence-corrected chi connectivity index (χ4v) is 1.08. The Kier molecular flexibility index (Phi) is 3.64. The molecule has 1 unspecified atom stereocenters. The average molecular weight is 181 g/mol. The van der Waals surface area contributed by atoms with E-state index in [-0.39, 0.29) is 0 Å². The molecule has 1 heterocycles. The summed E-state index contributed by atoms with van der Waals surface area (Å²) in [5, 5.41) is 0. The Bertz CT molecular complexity index is 265. The molecule has 0 aliphatic rings. The molecule has 1 aromatic heterocycles. The second-order valence-electron chi connectivity index (χ2n) is 3.06. The number of rotatable bonds is 4. The highest BCUT2D eigenvalue weighted by molar-refractivity contribution is 5.17. The Hall–Kier alpha value is -1.16. The van der Waals surface area contributed by atoms with Crippen LogP contribution in [0.15, 0.2) is 12.4 Å². The molecule has 2 N–H and O–H groups in total. The first-order chi connectivity index (χ1) is 6.27. The topological polar surface area (TPSA) is 61.0 Å². The van der Waals surface area contributed by atoms with Crippen LogP contribution in [0.1, 0.15) is 12.6 Å². The number of aromatic nitrogens is 2. The summed E-state index contributed by atoms with van der Waals surface area (Å²) in [7, 11) is 1.60. The van der Waals surface area contributed by atoms with Crippen molar-refractivity contribution < 1.29 is 4.74 Å². The first-order valence-electron chi connectivity index (χ1n) is 4.31. The lowest BCUT2D eigenvalue weighted by Gasteiger charge is -2.09. The highest BCUT2D eigenvalue weighted by Crippen LogP contribution is 2.14. The van der Waals surface area contributed by atoms with Gasteiger partial charge in [0.15, 0.2) is 0 Å². The molecular formula is C9H15N3O. The van der Waals surface area contributed by atoms with Gasteiger partial charge < -0.3 is 10.5 Å². The number of ether oxygens (including phenoxy) is 1. The van der Waals surface area contributed by atoms with Gasteiger partial charge >= 0.3 is 0 Å². The maximum Gasteiger partial charge on any atom is 0.235 e. The lowest BCUT2D eigenvalue weighted by molar-refractivity contribution is 0.385. The van der Waals surface area contributed by atoms with Crippen LogP contribution in [-0.2, 0) is 6.42 Å². The first-order valence-corrected chi connectivity index (χ1v) is 4.31. The number of hydrogen-bond acceptors (Lipinski definition) is 4. The van der Waals surface area contributed by atoms with E-state index in [0.717, 1.165) is 12.1 Å². The zero-order chi connectivity index (χ0) is 9.68. The van der Waals surface area contributed by atoms with Gasteiger partial charge in [-0.05, 0) is 18.9 Å². The summed E-state index contributed by atoms with van der Waals surface area (Å²) in [5.41, 5.74) is 6.40. The molecule has 0 fully saturated rings. The molecule has 4 nitrogen and oxygen atoms in total. The summed E-state index contributed by atoms with van der Waals surface area (Å²) >= 11 is 0. The van der Waals surface area contributed by atoms with Crippen LogP contribution in [0.3, 0.4) is 0 Å². The Morgan fingerprint density at radius 1 is 1.46 bits per heavy atom. The fraction of sp³-hybridized carbons (Fsp3) is 0.556. The van der Waals surface area contributed by atoms with E-state index in [1.807, 2.05) is 0 Å². The van der Waals surface area contributed by atoms with Gasteiger partial charge in [-0.3, -0.25) is 4.98 Å². The van der Waals surface area contributed by atoms with Gasteiger partial charge in [0.05, 0.1) is 7.11 Å². The zero-order valence-electron chi connectivity index (χ0n) is 8.03. The molecule has 0 radical (unpaired) electrons. The van der Waals surface area contributed by atoms with E-state index in [2.05, 4.69) is 16.9 Å². The fourth-order valence-electron chi connectivity index (χ4n) is 1.08. The van der Waals surface area contributed by atoms with Gasteiger partial charge in [-0.25, -0.2) is 4.98 Å². The minimum atomic E-state index is 0.408. The lowest BCUT2D eigenvalue weighted by Crippen LogP contribution is -2.14. The van der Waals surface area contributed by atoms with Crippen LogP contribution >= 0.6 is 0 Å². The van der Waals surface area contributed by atoms with Crippen LogP contribution in [0, 0.1) is 5.92 Å². The van der Waals surface area contributed by atoms with Crippen molar-refractivity contribution in [3.05, 3.63) is 18.1 Å². The van der Waals surface area contributed by atoms with E-state index in [1.54, 1.807) is 19.5 Å². The third-order valence-corrected chi connectivity index (χ3v) is 1.87. The van der Waals surface area contributed by atoms with Gasteiger partial charge in [0.1, 0.15) is 5.69 Å². The van der Waals surface area contributed by atoms with Crippen molar-refractivity contribution in [3.8, 4) is 5.88 Å². The summed E-state index contributed by atoms with van der Waals surface area (Å²) < 4.78 is 5.08. The van der Waals surface area contributed by atoms with Crippen molar-refractivity contribution in [2.24, 2.45) is 11.7 Å². The molecule has 0 saturated heterocycles. The number of methoxy groups -OCH3 is 1. The van der Waals surface area contributed by atoms with Gasteiger partial charge in [-0.15, -0.1) is 0 Å². The standard InChI is InChI=1S/C9H15N3O/c1-7(6-10)5-8-9(13-2)12-4-3-11-8/h3-4,7H,5-6,10H2,1-2H3. The zero-order valence-corrected chi connectivity index (χ0v) is 8.03. The van der Waals surface area contributed by atoms with E-state index in [4.69, 9.17) is 10.5 Å². The largest absolute Gasteiger partial charge is 0.480 e. The van der Waals surface area contributed by atoms with Gasteiger partial charge in [0.25, 0.3) is 0 Å². The quantitative estimate of drug-likeness (QED) is 0.739. The third-order valence-electron chi connectivity index (χ3n) is 1.87. The van der Waals surface area contributed by atoms with Crippen molar-refractivity contribution >= 4 is 0 Å². The van der Waals surface area contributed by atoms with E-state index in [1.165, 1.54) is 0 Å². The van der Waals surface area contributed by atoms with Crippen LogP contribution in [0.2, 0.25) is 0 Å². The van der Waals surface area contributed by atoms with E-state index in [9.17, 15) is 0 Å². The molecule has 0 saturated carbocycles. The second-order valence-corrected chi connectivity index (χ2v) is 3.06. The van der Waals surface area contributed by atoms with E-state index < -0.39 is 0 Å². The van der Waals surface area contributed by atoms with Crippen molar-refractivity contribution in [1.82, 2.24) is 9.97 Å². The summed E-state index contributed by atoms with van der Waals surface area (Å²) in [5.74, 6) is 1.01. The van der Waals surface area contributed by atoms with Gasteiger partial charge in [-0.1, -0.05) is 6.92 Å². The predicted octanol–water partition coefficient (Wildman–Crippen LogP) is 0.622. The summed E-state index contributed by atoms with van der Waals surface area (Å²) in [6.45, 7) is 2.73. The molecule has 0 spiro atoms. The molecule has 1 atom stereocenters. The minimum Gasteiger partial charge on any atom is -0.480 e. The van der Waals surface area contributed by atoms with Gasteiger partial charge in [0.2, 0.25) is 5.88 Å². The van der Waals surface area contributed by atoms with Crippen LogP contribution in [0.4, 0.5) is 0 Å². The van der Waals surface area contributed by atoms with Crippen LogP contribution in [-0.4, -0.2) is 23.6 Å². The Balaban J connectivity index is 2.74. The van der Waals surface area contributed by atoms with Crippen LogP contribution < -0.4 is 10.5 Å². The Labute approximate surface area is 78.1 Å². The summed E-state index contributed by atoms with van der Waals surface area (Å²) in [6, 6.07) is 0. The van der Waals surface area contributed by atoms with Crippen molar-refractivity contribution in [3.63, 3.8) is 0 Å². The molecule has 4 heteroatoms. The Morgan fingerprint density at radius 2 is 2.15 bits per heavy atom. The number of nitrogens with zero attached hydrogens (tertiary/aromatic N) is 2. The molecule has 0 aliphatic heterocycles. The van der Waals surface area contributed by atoms with Gasteiger partial charge in [-0.2, -0.15) is 0 Å². The van der Waals surface area contributed by atoms with Crippen molar-refractivity contribution in [2.45, 2.75) is 13.3 Å². The molecule has 72 valence electrons. The molecule has 13 heavy (non-hydrogen) atoms. The maximum absolute atomic E-state index is 5.52. The molecule has 1 rings (SSSR count). The molecule has 0 aromatic carbocycles. The van der Waals surface area contributed by atoms with Gasteiger partial charge in [0, 0.05) is 12.4 Å². The van der Waals surface area contributed by atoms with E-state index >= 15 is 0 Å². The Morgan fingerprint density at radius 3 is 2.77 bits per heavy atom. The molecular weight excluding hydrogens is 166 g/mol. The van der Waals surface area contributed by atoms with Crippen LogP contribution in [0.25, 0.3) is 0 Å². The third kappa shape index (κ3) is 2.66. The molecule has 0 aliphatic carbocycles. The SMILES string of the molecule is COc1nccnc1CC(C)CN. The number of hydrogen-bond donors (Lipinski definition) is 1.